The minimum absolute atomic E-state index is 0.317. The van der Waals surface area contributed by atoms with Gasteiger partial charge in [0, 0.05) is 55.6 Å². The van der Waals surface area contributed by atoms with E-state index in [0.717, 1.165) is 12.0 Å². The van der Waals surface area contributed by atoms with Crippen LogP contribution >= 0.6 is 11.3 Å². The maximum atomic E-state index is 12.4. The number of aryl methyl sites for hydroxylation is 1. The molecule has 0 bridgehead atoms. The highest BCUT2D eigenvalue weighted by Crippen LogP contribution is 2.43. The van der Waals surface area contributed by atoms with E-state index >= 15 is 0 Å². The maximum absolute atomic E-state index is 12.4. The van der Waals surface area contributed by atoms with Crippen LogP contribution in [0.25, 0.3) is 11.3 Å². The van der Waals surface area contributed by atoms with Crippen molar-refractivity contribution in [2.24, 2.45) is 0 Å². The van der Waals surface area contributed by atoms with Crippen LogP contribution < -0.4 is 14.9 Å². The van der Waals surface area contributed by atoms with Crippen molar-refractivity contribution in [2.45, 2.75) is 19.6 Å². The Morgan fingerprint density at radius 3 is 2.87 bits per heavy atom. The summed E-state index contributed by atoms with van der Waals surface area (Å²) in [6.07, 6.45) is 3.04. The first-order valence-corrected chi connectivity index (χ1v) is 10.2. The fourth-order valence-corrected chi connectivity index (χ4v) is 3.99. The molecule has 1 aromatic carbocycles. The van der Waals surface area contributed by atoms with Gasteiger partial charge in [-0.25, -0.2) is 9.78 Å². The standard InChI is InChI=1S/C21H20N2O6S/c1-12-8-13-15-9-16(24)14(21(25)26)11-23(15)20(19-22-4-7-30-19)29-18(13)10-17(12)28-6-3-5-27-2/h4,7-11,20H,3,5-6H2,1-2H3,(H,25,26). The average molecular weight is 428 g/mol. The number of methoxy groups -OCH3 is 1. The number of hydrogen-bond acceptors (Lipinski definition) is 7. The number of carboxylic acids is 1. The first kappa shape index (κ1) is 20.1. The second-order valence-corrected chi connectivity index (χ2v) is 7.72. The van der Waals surface area contributed by atoms with Gasteiger partial charge in [0.1, 0.15) is 17.1 Å². The number of thiazole rings is 1. The van der Waals surface area contributed by atoms with Gasteiger partial charge in [-0.05, 0) is 18.6 Å². The van der Waals surface area contributed by atoms with Crippen molar-refractivity contribution in [3.63, 3.8) is 0 Å². The van der Waals surface area contributed by atoms with E-state index in [1.165, 1.54) is 23.6 Å². The Bertz CT molecular complexity index is 1140. The van der Waals surface area contributed by atoms with Crippen LogP contribution in [-0.4, -0.2) is 41.0 Å². The molecule has 0 amide bonds. The summed E-state index contributed by atoms with van der Waals surface area (Å²) >= 11 is 1.39. The van der Waals surface area contributed by atoms with E-state index in [1.807, 2.05) is 18.4 Å². The smallest absolute Gasteiger partial charge is 0.341 e. The number of carboxylic acid groups (broad SMARTS) is 1. The summed E-state index contributed by atoms with van der Waals surface area (Å²) in [6, 6.07) is 5.02. The highest BCUT2D eigenvalue weighted by molar-refractivity contribution is 7.09. The molecule has 0 spiro atoms. The first-order chi connectivity index (χ1) is 14.5. The molecule has 30 heavy (non-hydrogen) atoms. The van der Waals surface area contributed by atoms with Crippen LogP contribution in [0.3, 0.4) is 0 Å². The molecule has 0 saturated carbocycles. The van der Waals surface area contributed by atoms with Gasteiger partial charge in [-0.2, -0.15) is 0 Å². The number of rotatable bonds is 7. The van der Waals surface area contributed by atoms with Crippen LogP contribution in [0, 0.1) is 6.92 Å². The van der Waals surface area contributed by atoms with Crippen molar-refractivity contribution in [3.8, 4) is 22.8 Å². The molecule has 3 aromatic rings. The molecular formula is C21H20N2O6S. The van der Waals surface area contributed by atoms with E-state index in [-0.39, 0.29) is 5.56 Å². The number of carbonyl (C=O) groups is 1. The normalized spacial score (nSPS) is 14.5. The molecule has 9 heteroatoms. The fourth-order valence-electron chi connectivity index (χ4n) is 3.33. The lowest BCUT2D eigenvalue weighted by molar-refractivity contribution is 0.0693. The zero-order valence-corrected chi connectivity index (χ0v) is 17.3. The Labute approximate surface area is 176 Å². The van der Waals surface area contributed by atoms with Gasteiger partial charge in [0.2, 0.25) is 6.23 Å². The third kappa shape index (κ3) is 3.69. The van der Waals surface area contributed by atoms with Crippen molar-refractivity contribution in [1.82, 2.24) is 9.55 Å². The van der Waals surface area contributed by atoms with Crippen molar-refractivity contribution < 1.29 is 24.1 Å². The summed E-state index contributed by atoms with van der Waals surface area (Å²) in [5.41, 5.74) is 1.27. The SMILES string of the molecule is COCCCOc1cc2c(cc1C)-c1cc(=O)c(C(=O)O)cn1C(c1nccs1)O2. The second-order valence-electron chi connectivity index (χ2n) is 6.80. The van der Waals surface area contributed by atoms with Crippen LogP contribution in [0.5, 0.6) is 11.5 Å². The largest absolute Gasteiger partial charge is 0.493 e. The fraction of sp³-hybridized carbons (Fsp3) is 0.286. The summed E-state index contributed by atoms with van der Waals surface area (Å²) in [4.78, 5) is 28.2. The van der Waals surface area contributed by atoms with Crippen LogP contribution in [-0.2, 0) is 4.74 Å². The van der Waals surface area contributed by atoms with Crippen LogP contribution in [0.2, 0.25) is 0 Å². The molecule has 1 N–H and O–H groups in total. The van der Waals surface area contributed by atoms with Crippen molar-refractivity contribution in [3.05, 3.63) is 62.3 Å². The Balaban J connectivity index is 1.81. The molecule has 4 rings (SSSR count). The topological polar surface area (TPSA) is 99.9 Å². The average Bonchev–Trinajstić information content (AvgIpc) is 3.25. The zero-order chi connectivity index (χ0) is 21.3. The molecule has 0 saturated heterocycles. The highest BCUT2D eigenvalue weighted by atomic mass is 32.1. The lowest BCUT2D eigenvalue weighted by atomic mass is 10.0. The van der Waals surface area contributed by atoms with E-state index in [1.54, 1.807) is 23.9 Å². The predicted molar refractivity (Wildman–Crippen MR) is 111 cm³/mol. The highest BCUT2D eigenvalue weighted by Gasteiger charge is 2.30. The van der Waals surface area contributed by atoms with Crippen molar-refractivity contribution >= 4 is 17.3 Å². The maximum Gasteiger partial charge on any atom is 0.341 e. The molecular weight excluding hydrogens is 408 g/mol. The molecule has 1 aliphatic heterocycles. The monoisotopic (exact) mass is 428 g/mol. The molecule has 1 aliphatic rings. The summed E-state index contributed by atoms with van der Waals surface area (Å²) in [6.45, 7) is 3.02. The molecule has 1 unspecified atom stereocenters. The van der Waals surface area contributed by atoms with E-state index in [0.29, 0.717) is 41.0 Å². The number of fused-ring (bicyclic) bond motifs is 3. The quantitative estimate of drug-likeness (QED) is 0.576. The minimum atomic E-state index is -1.28. The van der Waals surface area contributed by atoms with E-state index in [4.69, 9.17) is 14.2 Å². The Morgan fingerprint density at radius 2 is 2.17 bits per heavy atom. The van der Waals surface area contributed by atoms with E-state index < -0.39 is 17.6 Å². The summed E-state index contributed by atoms with van der Waals surface area (Å²) in [5.74, 6) is -0.0549. The lowest BCUT2D eigenvalue weighted by Crippen LogP contribution is -2.27. The molecule has 1 atom stereocenters. The number of ether oxygens (including phenoxy) is 3. The number of aromatic nitrogens is 2. The van der Waals surface area contributed by atoms with Gasteiger partial charge in [0.25, 0.3) is 0 Å². The second kappa shape index (κ2) is 8.29. The van der Waals surface area contributed by atoms with Gasteiger partial charge in [0.05, 0.1) is 12.3 Å². The number of nitrogens with zero attached hydrogens (tertiary/aromatic N) is 2. The predicted octanol–water partition coefficient (Wildman–Crippen LogP) is 3.33. The van der Waals surface area contributed by atoms with E-state index in [9.17, 15) is 14.7 Å². The van der Waals surface area contributed by atoms with Gasteiger partial charge in [0.15, 0.2) is 10.4 Å². The number of hydrogen-bond donors (Lipinski definition) is 1. The van der Waals surface area contributed by atoms with Crippen LogP contribution in [0.1, 0.15) is 33.6 Å². The molecule has 2 aromatic heterocycles. The third-order valence-corrected chi connectivity index (χ3v) is 5.57. The molecule has 156 valence electrons. The van der Waals surface area contributed by atoms with Gasteiger partial charge in [-0.15, -0.1) is 11.3 Å². The molecule has 8 nitrogen and oxygen atoms in total. The van der Waals surface area contributed by atoms with E-state index in [2.05, 4.69) is 4.98 Å². The minimum Gasteiger partial charge on any atom is -0.493 e. The summed E-state index contributed by atoms with van der Waals surface area (Å²) < 4.78 is 18.8. The Morgan fingerprint density at radius 1 is 1.33 bits per heavy atom. The van der Waals surface area contributed by atoms with Gasteiger partial charge in [-0.3, -0.25) is 4.79 Å². The summed E-state index contributed by atoms with van der Waals surface area (Å²) in [5, 5.41) is 11.8. The summed E-state index contributed by atoms with van der Waals surface area (Å²) in [7, 11) is 1.64. The zero-order valence-electron chi connectivity index (χ0n) is 16.5. The van der Waals surface area contributed by atoms with Crippen LogP contribution in [0.4, 0.5) is 0 Å². The molecule has 3 heterocycles. The number of aromatic carboxylic acids is 1. The molecule has 0 fully saturated rings. The lowest BCUT2D eigenvalue weighted by Gasteiger charge is -2.30. The third-order valence-electron chi connectivity index (χ3n) is 4.77. The number of benzene rings is 1. The first-order valence-electron chi connectivity index (χ1n) is 9.32. The van der Waals surface area contributed by atoms with Crippen molar-refractivity contribution in [2.75, 3.05) is 20.3 Å². The Hall–Kier alpha value is -3.17. The van der Waals surface area contributed by atoms with Crippen LogP contribution in [0.15, 0.2) is 40.8 Å². The van der Waals surface area contributed by atoms with Gasteiger partial charge >= 0.3 is 5.97 Å². The van der Waals surface area contributed by atoms with Gasteiger partial charge < -0.3 is 23.9 Å². The Kier molecular flexibility index (Phi) is 5.56. The van der Waals surface area contributed by atoms with Crippen molar-refractivity contribution in [1.29, 1.82) is 0 Å². The van der Waals surface area contributed by atoms with Gasteiger partial charge in [-0.1, -0.05) is 0 Å². The molecule has 0 radical (unpaired) electrons. The number of pyridine rings is 1. The molecule has 0 aliphatic carbocycles.